The molecule has 0 unspecified atom stereocenters. The summed E-state index contributed by atoms with van der Waals surface area (Å²) in [6.45, 7) is 5.50. The molecule has 0 bridgehead atoms. The van der Waals surface area contributed by atoms with Crippen molar-refractivity contribution < 1.29 is 4.79 Å². The highest BCUT2D eigenvalue weighted by atomic mass is 16.1. The Bertz CT molecular complexity index is 398. The van der Waals surface area contributed by atoms with Crippen molar-refractivity contribution in [1.29, 1.82) is 0 Å². The van der Waals surface area contributed by atoms with E-state index in [2.05, 4.69) is 35.3 Å². The molecule has 0 spiro atoms. The quantitative estimate of drug-likeness (QED) is 0.800. The van der Waals surface area contributed by atoms with Gasteiger partial charge in [0.1, 0.15) is 0 Å². The van der Waals surface area contributed by atoms with Crippen LogP contribution in [-0.2, 0) is 4.79 Å². The number of rotatable bonds is 3. The van der Waals surface area contributed by atoms with Crippen LogP contribution < -0.4 is 10.2 Å². The molecule has 1 aliphatic heterocycles. The van der Waals surface area contributed by atoms with Crippen LogP contribution in [0.4, 0.5) is 11.4 Å². The number of benzene rings is 1. The molecule has 0 aliphatic carbocycles. The predicted molar refractivity (Wildman–Crippen MR) is 70.6 cm³/mol. The van der Waals surface area contributed by atoms with E-state index >= 15 is 0 Å². The van der Waals surface area contributed by atoms with Crippen molar-refractivity contribution in [2.24, 2.45) is 0 Å². The molecule has 1 aromatic carbocycles. The number of nitrogens with one attached hydrogen (secondary N) is 1. The zero-order valence-electron chi connectivity index (χ0n) is 10.4. The Balaban J connectivity index is 2.15. The van der Waals surface area contributed by atoms with Gasteiger partial charge in [0, 0.05) is 33.2 Å². The number of piperazine rings is 1. The highest BCUT2D eigenvalue weighted by Crippen LogP contribution is 2.27. The summed E-state index contributed by atoms with van der Waals surface area (Å²) in [5, 5.41) is 3.23. The van der Waals surface area contributed by atoms with Crippen molar-refractivity contribution in [3.63, 3.8) is 0 Å². The number of hydrogen-bond acceptors (Lipinski definition) is 3. The minimum Gasteiger partial charge on any atom is -0.386 e. The first-order valence-corrected chi connectivity index (χ1v) is 5.97. The van der Waals surface area contributed by atoms with E-state index in [4.69, 9.17) is 0 Å². The molecule has 17 heavy (non-hydrogen) atoms. The molecule has 1 aliphatic rings. The summed E-state index contributed by atoms with van der Waals surface area (Å²) in [4.78, 5) is 14.8. The van der Waals surface area contributed by atoms with Crippen molar-refractivity contribution >= 4 is 17.8 Å². The van der Waals surface area contributed by atoms with Crippen molar-refractivity contribution in [3.05, 3.63) is 23.8 Å². The van der Waals surface area contributed by atoms with E-state index in [0.717, 1.165) is 38.3 Å². The van der Waals surface area contributed by atoms with Gasteiger partial charge in [-0.05, 0) is 24.6 Å². The van der Waals surface area contributed by atoms with E-state index in [0.29, 0.717) is 0 Å². The smallest absolute Gasteiger partial charge is 0.209 e. The van der Waals surface area contributed by atoms with E-state index in [1.54, 1.807) is 0 Å². The molecule has 0 atom stereocenters. The Morgan fingerprint density at radius 3 is 2.53 bits per heavy atom. The Morgan fingerprint density at radius 2 is 1.94 bits per heavy atom. The van der Waals surface area contributed by atoms with Crippen LogP contribution in [0, 0.1) is 6.92 Å². The van der Waals surface area contributed by atoms with E-state index in [1.807, 2.05) is 11.9 Å². The Labute approximate surface area is 102 Å². The second-order valence-corrected chi connectivity index (χ2v) is 4.40. The summed E-state index contributed by atoms with van der Waals surface area (Å²) >= 11 is 0. The van der Waals surface area contributed by atoms with Crippen LogP contribution in [0.15, 0.2) is 18.2 Å². The number of carbonyl (C=O) groups is 1. The molecule has 1 amide bonds. The zero-order chi connectivity index (χ0) is 12.3. The molecule has 1 fully saturated rings. The average molecular weight is 233 g/mol. The lowest BCUT2D eigenvalue weighted by molar-refractivity contribution is -0.118. The summed E-state index contributed by atoms with van der Waals surface area (Å²) < 4.78 is 0. The number of aryl methyl sites for hydroxylation is 1. The lowest BCUT2D eigenvalue weighted by atomic mass is 10.1. The Kier molecular flexibility index (Phi) is 3.52. The van der Waals surface area contributed by atoms with Gasteiger partial charge in [0.05, 0.1) is 11.4 Å². The van der Waals surface area contributed by atoms with Gasteiger partial charge in [0.2, 0.25) is 6.41 Å². The van der Waals surface area contributed by atoms with Crippen LogP contribution in [0.1, 0.15) is 5.56 Å². The van der Waals surface area contributed by atoms with Crippen molar-refractivity contribution in [2.45, 2.75) is 6.92 Å². The molecule has 0 radical (unpaired) electrons. The number of carbonyl (C=O) groups excluding carboxylic acids is 1. The van der Waals surface area contributed by atoms with Gasteiger partial charge >= 0.3 is 0 Å². The number of amides is 1. The number of anilines is 2. The molecular formula is C13H19N3O. The van der Waals surface area contributed by atoms with Gasteiger partial charge in [-0.1, -0.05) is 6.07 Å². The van der Waals surface area contributed by atoms with Crippen LogP contribution >= 0.6 is 0 Å². The maximum absolute atomic E-state index is 10.7. The SMILES string of the molecule is CNc1cc(C)ccc1N1CCN(C=O)CC1. The minimum atomic E-state index is 0.806. The van der Waals surface area contributed by atoms with Gasteiger partial charge in [-0.2, -0.15) is 0 Å². The minimum absolute atomic E-state index is 0.806. The molecule has 1 saturated heterocycles. The summed E-state index contributed by atoms with van der Waals surface area (Å²) in [5.74, 6) is 0. The van der Waals surface area contributed by atoms with Gasteiger partial charge in [0.25, 0.3) is 0 Å². The standard InChI is InChI=1S/C13H19N3O/c1-11-3-4-13(12(9-11)14-2)16-7-5-15(10-17)6-8-16/h3-4,9-10,14H,5-8H2,1-2H3. The van der Waals surface area contributed by atoms with Gasteiger partial charge in [0.15, 0.2) is 0 Å². The molecule has 4 nitrogen and oxygen atoms in total. The second kappa shape index (κ2) is 5.08. The molecule has 1 heterocycles. The Morgan fingerprint density at radius 1 is 1.24 bits per heavy atom. The lowest BCUT2D eigenvalue weighted by Gasteiger charge is -2.35. The van der Waals surface area contributed by atoms with Crippen LogP contribution in [0.25, 0.3) is 0 Å². The van der Waals surface area contributed by atoms with Gasteiger partial charge < -0.3 is 15.1 Å². The van der Waals surface area contributed by atoms with Crippen molar-refractivity contribution in [2.75, 3.05) is 43.4 Å². The summed E-state index contributed by atoms with van der Waals surface area (Å²) in [5.41, 5.74) is 3.64. The first-order chi connectivity index (χ1) is 8.24. The maximum Gasteiger partial charge on any atom is 0.209 e. The largest absolute Gasteiger partial charge is 0.386 e. The highest BCUT2D eigenvalue weighted by molar-refractivity contribution is 5.71. The molecule has 0 aromatic heterocycles. The third-order valence-corrected chi connectivity index (χ3v) is 3.23. The van der Waals surface area contributed by atoms with E-state index in [-0.39, 0.29) is 0 Å². The molecule has 4 heteroatoms. The lowest BCUT2D eigenvalue weighted by Crippen LogP contribution is -2.45. The molecule has 92 valence electrons. The predicted octanol–water partition coefficient (Wildman–Crippen LogP) is 1.32. The monoisotopic (exact) mass is 233 g/mol. The average Bonchev–Trinajstić information content (AvgIpc) is 2.39. The van der Waals surface area contributed by atoms with E-state index in [9.17, 15) is 4.79 Å². The van der Waals surface area contributed by atoms with Crippen molar-refractivity contribution in [3.8, 4) is 0 Å². The Hall–Kier alpha value is -1.71. The normalized spacial score (nSPS) is 15.9. The van der Waals surface area contributed by atoms with Crippen LogP contribution in [0.3, 0.4) is 0 Å². The third kappa shape index (κ3) is 2.52. The number of nitrogens with zero attached hydrogens (tertiary/aromatic N) is 2. The summed E-state index contributed by atoms with van der Waals surface area (Å²) in [6.07, 6.45) is 0.936. The van der Waals surface area contributed by atoms with Crippen LogP contribution in [-0.4, -0.2) is 44.5 Å². The fraction of sp³-hybridized carbons (Fsp3) is 0.462. The van der Waals surface area contributed by atoms with Gasteiger partial charge in [-0.15, -0.1) is 0 Å². The fourth-order valence-electron chi connectivity index (χ4n) is 2.19. The van der Waals surface area contributed by atoms with Gasteiger partial charge in [-0.25, -0.2) is 0 Å². The van der Waals surface area contributed by atoms with E-state index < -0.39 is 0 Å². The third-order valence-electron chi connectivity index (χ3n) is 3.23. The van der Waals surface area contributed by atoms with E-state index in [1.165, 1.54) is 11.3 Å². The molecule has 2 rings (SSSR count). The highest BCUT2D eigenvalue weighted by Gasteiger charge is 2.17. The molecule has 1 aromatic rings. The first kappa shape index (κ1) is 11.8. The van der Waals surface area contributed by atoms with Gasteiger partial charge in [-0.3, -0.25) is 4.79 Å². The molecule has 1 N–H and O–H groups in total. The zero-order valence-corrected chi connectivity index (χ0v) is 10.4. The van der Waals surface area contributed by atoms with Crippen LogP contribution in [0.2, 0.25) is 0 Å². The topological polar surface area (TPSA) is 35.6 Å². The molecule has 0 saturated carbocycles. The summed E-state index contributed by atoms with van der Waals surface area (Å²) in [6, 6.07) is 6.43. The maximum atomic E-state index is 10.7. The molecular weight excluding hydrogens is 214 g/mol. The second-order valence-electron chi connectivity index (χ2n) is 4.40. The summed E-state index contributed by atoms with van der Waals surface area (Å²) in [7, 11) is 1.94. The van der Waals surface area contributed by atoms with Crippen molar-refractivity contribution in [1.82, 2.24) is 4.90 Å². The number of hydrogen-bond donors (Lipinski definition) is 1. The van der Waals surface area contributed by atoms with Crippen LogP contribution in [0.5, 0.6) is 0 Å². The first-order valence-electron chi connectivity index (χ1n) is 5.97. The fourth-order valence-corrected chi connectivity index (χ4v) is 2.19.